The van der Waals surface area contributed by atoms with Crippen LogP contribution in [0.5, 0.6) is 0 Å². The molecule has 210 valence electrons. The number of fused-ring (bicyclic) bond motifs is 1. The molecule has 1 saturated heterocycles. The maximum absolute atomic E-state index is 13.6. The number of halogens is 1. The minimum atomic E-state index is -0.717. The van der Waals surface area contributed by atoms with Crippen LogP contribution in [0.1, 0.15) is 50.1 Å². The van der Waals surface area contributed by atoms with E-state index in [9.17, 15) is 14.4 Å². The second kappa shape index (κ2) is 12.1. The molecule has 0 radical (unpaired) electrons. The summed E-state index contributed by atoms with van der Waals surface area (Å²) in [6.45, 7) is 8.58. The van der Waals surface area contributed by atoms with Gasteiger partial charge in [0, 0.05) is 51.6 Å². The van der Waals surface area contributed by atoms with E-state index >= 15 is 0 Å². The standard InChI is InChI=1S/C27H39ClN4O6/c1-27(2,3)38-26(35)31-11-12-37-23(16-31)25(34)32(19-6-7-19)14-18-5-8-20-21(28)15-30(22(20)13-18)10-9-29-24(33)17-36-4/h5,8,13,19,21,23H,6-7,9-12,14-17H2,1-4H3,(H,29,33). The van der Waals surface area contributed by atoms with Crippen LogP contribution >= 0.6 is 11.6 Å². The monoisotopic (exact) mass is 550 g/mol. The summed E-state index contributed by atoms with van der Waals surface area (Å²) in [6.07, 6.45) is 0.766. The van der Waals surface area contributed by atoms with Crippen molar-refractivity contribution in [2.75, 3.05) is 57.9 Å². The highest BCUT2D eigenvalue weighted by molar-refractivity contribution is 6.22. The highest BCUT2D eigenvalue weighted by Crippen LogP contribution is 2.39. The van der Waals surface area contributed by atoms with Crippen molar-refractivity contribution in [3.8, 4) is 0 Å². The van der Waals surface area contributed by atoms with Crippen molar-refractivity contribution in [2.24, 2.45) is 0 Å². The summed E-state index contributed by atoms with van der Waals surface area (Å²) < 4.78 is 16.2. The van der Waals surface area contributed by atoms with Crippen LogP contribution in [-0.2, 0) is 30.3 Å². The summed E-state index contributed by atoms with van der Waals surface area (Å²) >= 11 is 6.61. The van der Waals surface area contributed by atoms with Gasteiger partial charge in [-0.1, -0.05) is 12.1 Å². The second-order valence-electron chi connectivity index (χ2n) is 11.1. The van der Waals surface area contributed by atoms with Crippen molar-refractivity contribution in [1.82, 2.24) is 15.1 Å². The number of hydrogen-bond donors (Lipinski definition) is 1. The molecule has 1 saturated carbocycles. The van der Waals surface area contributed by atoms with Gasteiger partial charge in [-0.25, -0.2) is 4.79 Å². The molecule has 1 aromatic rings. The summed E-state index contributed by atoms with van der Waals surface area (Å²) in [6, 6.07) is 6.31. The van der Waals surface area contributed by atoms with Gasteiger partial charge >= 0.3 is 6.09 Å². The topological polar surface area (TPSA) is 101 Å². The SMILES string of the molecule is COCC(=O)NCCN1CC(Cl)c2ccc(CN(C(=O)C3CN(C(=O)OC(C)(C)C)CCO3)C3CC3)cc21. The zero-order valence-corrected chi connectivity index (χ0v) is 23.5. The third-order valence-corrected chi connectivity index (χ3v) is 7.12. The number of ether oxygens (including phenoxy) is 3. The van der Waals surface area contributed by atoms with Crippen LogP contribution < -0.4 is 10.2 Å². The molecule has 38 heavy (non-hydrogen) atoms. The van der Waals surface area contributed by atoms with Crippen molar-refractivity contribution in [1.29, 1.82) is 0 Å². The number of nitrogens with zero attached hydrogens (tertiary/aromatic N) is 3. The number of morpholine rings is 1. The molecule has 2 fully saturated rings. The smallest absolute Gasteiger partial charge is 0.410 e. The Bertz CT molecular complexity index is 1030. The minimum Gasteiger partial charge on any atom is -0.444 e. The lowest BCUT2D eigenvalue weighted by Crippen LogP contribution is -2.53. The van der Waals surface area contributed by atoms with Crippen LogP contribution in [0, 0.1) is 0 Å². The van der Waals surface area contributed by atoms with Crippen LogP contribution in [0.2, 0.25) is 0 Å². The molecule has 1 aliphatic carbocycles. The summed E-state index contributed by atoms with van der Waals surface area (Å²) in [7, 11) is 1.49. The van der Waals surface area contributed by atoms with Crippen LogP contribution in [0.25, 0.3) is 0 Å². The zero-order valence-electron chi connectivity index (χ0n) is 22.7. The predicted octanol–water partition coefficient (Wildman–Crippen LogP) is 2.68. The van der Waals surface area contributed by atoms with Gasteiger partial charge in [0.05, 0.1) is 18.5 Å². The molecular formula is C27H39ClN4O6. The maximum Gasteiger partial charge on any atom is 0.410 e. The molecule has 4 rings (SSSR count). The first-order chi connectivity index (χ1) is 18.1. The van der Waals surface area contributed by atoms with E-state index in [2.05, 4.69) is 16.3 Å². The number of benzene rings is 1. The Hall–Kier alpha value is -2.56. The summed E-state index contributed by atoms with van der Waals surface area (Å²) in [4.78, 5) is 43.5. The Kier molecular flexibility index (Phi) is 9.05. The number of rotatable bonds is 9. The van der Waals surface area contributed by atoms with E-state index in [1.165, 1.54) is 7.11 Å². The summed E-state index contributed by atoms with van der Waals surface area (Å²) in [5.41, 5.74) is 2.47. The quantitative estimate of drug-likeness (QED) is 0.472. The number of hydrogen-bond acceptors (Lipinski definition) is 7. The molecule has 2 heterocycles. The lowest BCUT2D eigenvalue weighted by molar-refractivity contribution is -0.150. The fourth-order valence-electron chi connectivity index (χ4n) is 4.79. The number of carbonyl (C=O) groups excluding carboxylic acids is 3. The van der Waals surface area contributed by atoms with E-state index in [4.69, 9.17) is 25.8 Å². The number of methoxy groups -OCH3 is 1. The average Bonchev–Trinajstić information content (AvgIpc) is 3.66. The van der Waals surface area contributed by atoms with E-state index in [0.717, 1.165) is 29.7 Å². The van der Waals surface area contributed by atoms with Crippen molar-refractivity contribution in [3.63, 3.8) is 0 Å². The van der Waals surface area contributed by atoms with Gasteiger partial charge < -0.3 is 34.2 Å². The lowest BCUT2D eigenvalue weighted by Gasteiger charge is -2.36. The predicted molar refractivity (Wildman–Crippen MR) is 143 cm³/mol. The molecule has 0 spiro atoms. The lowest BCUT2D eigenvalue weighted by atomic mass is 10.1. The molecule has 3 amide bonds. The van der Waals surface area contributed by atoms with Gasteiger partial charge in [-0.05, 0) is 50.8 Å². The zero-order chi connectivity index (χ0) is 27.4. The van der Waals surface area contributed by atoms with Crippen molar-refractivity contribution >= 4 is 35.2 Å². The van der Waals surface area contributed by atoms with Gasteiger partial charge in [0.1, 0.15) is 12.2 Å². The third kappa shape index (κ3) is 7.30. The van der Waals surface area contributed by atoms with Crippen molar-refractivity contribution in [3.05, 3.63) is 29.3 Å². The first kappa shape index (κ1) is 28.4. The first-order valence-corrected chi connectivity index (χ1v) is 13.7. The number of amides is 3. The number of carbonyl (C=O) groups is 3. The Morgan fingerprint density at radius 2 is 1.97 bits per heavy atom. The average molecular weight is 551 g/mol. The molecule has 2 aliphatic heterocycles. The molecule has 2 unspecified atom stereocenters. The molecule has 2 atom stereocenters. The van der Waals surface area contributed by atoms with E-state index in [0.29, 0.717) is 39.3 Å². The number of anilines is 1. The molecule has 0 bridgehead atoms. The Morgan fingerprint density at radius 1 is 1.21 bits per heavy atom. The van der Waals surface area contributed by atoms with Gasteiger partial charge in [0.15, 0.2) is 6.10 Å². The fraction of sp³-hybridized carbons (Fsp3) is 0.667. The number of nitrogens with one attached hydrogen (secondary N) is 1. The molecule has 0 aromatic heterocycles. The van der Waals surface area contributed by atoms with Gasteiger partial charge in [-0.15, -0.1) is 11.6 Å². The van der Waals surface area contributed by atoms with Crippen LogP contribution in [0.15, 0.2) is 18.2 Å². The highest BCUT2D eigenvalue weighted by atomic mass is 35.5. The first-order valence-electron chi connectivity index (χ1n) is 13.2. The van der Waals surface area contributed by atoms with Crippen LogP contribution in [0.4, 0.5) is 10.5 Å². The maximum atomic E-state index is 13.6. The molecule has 3 aliphatic rings. The van der Waals surface area contributed by atoms with Crippen molar-refractivity contribution < 1.29 is 28.6 Å². The molecule has 1 N–H and O–H groups in total. The molecular weight excluding hydrogens is 512 g/mol. The van der Waals surface area contributed by atoms with E-state index in [1.54, 1.807) is 4.90 Å². The third-order valence-electron chi connectivity index (χ3n) is 6.75. The van der Waals surface area contributed by atoms with Crippen LogP contribution in [-0.4, -0.2) is 98.5 Å². The summed E-state index contributed by atoms with van der Waals surface area (Å²) in [5.74, 6) is -0.258. The van der Waals surface area contributed by atoms with Gasteiger partial charge in [-0.2, -0.15) is 0 Å². The molecule has 11 heteroatoms. The van der Waals surface area contributed by atoms with E-state index in [1.807, 2.05) is 37.8 Å². The Morgan fingerprint density at radius 3 is 2.66 bits per heavy atom. The van der Waals surface area contributed by atoms with E-state index < -0.39 is 17.8 Å². The van der Waals surface area contributed by atoms with Crippen molar-refractivity contribution in [2.45, 2.75) is 63.3 Å². The minimum absolute atomic E-state index is 0.0319. The molecule has 1 aromatic carbocycles. The van der Waals surface area contributed by atoms with E-state index in [-0.39, 0.29) is 36.4 Å². The molecule has 10 nitrogen and oxygen atoms in total. The van der Waals surface area contributed by atoms with Crippen LogP contribution in [0.3, 0.4) is 0 Å². The van der Waals surface area contributed by atoms with Gasteiger partial charge in [-0.3, -0.25) is 9.59 Å². The Labute approximate surface area is 229 Å². The normalized spacial score (nSPS) is 21.2. The van der Waals surface area contributed by atoms with Gasteiger partial charge in [0.25, 0.3) is 5.91 Å². The highest BCUT2D eigenvalue weighted by Gasteiger charge is 2.39. The summed E-state index contributed by atoms with van der Waals surface area (Å²) in [5, 5.41) is 2.71. The Balaban J connectivity index is 1.41. The van der Waals surface area contributed by atoms with Gasteiger partial charge in [0.2, 0.25) is 5.91 Å². The fourth-order valence-corrected chi connectivity index (χ4v) is 5.14. The second-order valence-corrected chi connectivity index (χ2v) is 11.6. The number of alkyl halides is 1. The largest absolute Gasteiger partial charge is 0.444 e.